The SMILES string of the molecule is O=c1[nH]c(-c2cnccn2)nc2c1CSCC2. The number of aromatic nitrogens is 4. The van der Waals surface area contributed by atoms with Crippen molar-refractivity contribution in [2.24, 2.45) is 0 Å². The second-order valence-corrected chi connectivity index (χ2v) is 4.84. The molecule has 0 saturated heterocycles. The second-order valence-electron chi connectivity index (χ2n) is 3.73. The predicted molar refractivity (Wildman–Crippen MR) is 65.7 cm³/mol. The summed E-state index contributed by atoms with van der Waals surface area (Å²) in [6, 6.07) is 0. The van der Waals surface area contributed by atoms with Gasteiger partial charge in [-0.05, 0) is 12.2 Å². The van der Waals surface area contributed by atoms with Gasteiger partial charge in [0.1, 0.15) is 5.69 Å². The standard InChI is InChI=1S/C11H10N4OS/c16-11-7-6-17-4-1-8(7)14-10(15-11)9-5-12-2-3-13-9/h2-3,5H,1,4,6H2,(H,14,15,16). The van der Waals surface area contributed by atoms with Gasteiger partial charge in [-0.15, -0.1) is 0 Å². The van der Waals surface area contributed by atoms with Crippen LogP contribution in [-0.2, 0) is 12.2 Å². The minimum atomic E-state index is -0.0529. The molecule has 3 rings (SSSR count). The molecule has 86 valence electrons. The van der Waals surface area contributed by atoms with E-state index in [0.29, 0.717) is 11.5 Å². The predicted octanol–water partition coefficient (Wildman–Crippen LogP) is 1.02. The number of hydrogen-bond donors (Lipinski definition) is 1. The van der Waals surface area contributed by atoms with Crippen molar-refractivity contribution in [2.45, 2.75) is 12.2 Å². The highest BCUT2D eigenvalue weighted by Crippen LogP contribution is 2.21. The van der Waals surface area contributed by atoms with Crippen LogP contribution in [0, 0.1) is 0 Å². The zero-order chi connectivity index (χ0) is 11.7. The van der Waals surface area contributed by atoms with Gasteiger partial charge in [0.25, 0.3) is 5.56 Å². The zero-order valence-electron chi connectivity index (χ0n) is 9.01. The fourth-order valence-corrected chi connectivity index (χ4v) is 2.77. The Labute approximate surface area is 102 Å². The third-order valence-corrected chi connectivity index (χ3v) is 3.62. The molecule has 3 heterocycles. The van der Waals surface area contributed by atoms with Gasteiger partial charge >= 0.3 is 0 Å². The lowest BCUT2D eigenvalue weighted by Crippen LogP contribution is -2.21. The molecule has 2 aromatic heterocycles. The number of aryl methyl sites for hydroxylation is 1. The highest BCUT2D eigenvalue weighted by atomic mass is 32.2. The molecule has 0 saturated carbocycles. The number of nitrogens with zero attached hydrogens (tertiary/aromatic N) is 3. The molecule has 0 fully saturated rings. The molecule has 17 heavy (non-hydrogen) atoms. The van der Waals surface area contributed by atoms with Crippen molar-refractivity contribution in [3.05, 3.63) is 40.2 Å². The fourth-order valence-electron chi connectivity index (χ4n) is 1.79. The molecule has 0 atom stereocenters. The van der Waals surface area contributed by atoms with Crippen molar-refractivity contribution >= 4 is 11.8 Å². The van der Waals surface area contributed by atoms with Gasteiger partial charge in [0.15, 0.2) is 5.82 Å². The van der Waals surface area contributed by atoms with Gasteiger partial charge in [-0.25, -0.2) is 9.97 Å². The molecular weight excluding hydrogens is 236 g/mol. The lowest BCUT2D eigenvalue weighted by Gasteiger charge is -2.13. The molecule has 6 heteroatoms. The highest BCUT2D eigenvalue weighted by molar-refractivity contribution is 7.98. The first-order valence-electron chi connectivity index (χ1n) is 5.31. The van der Waals surface area contributed by atoms with Crippen LogP contribution in [0.15, 0.2) is 23.4 Å². The maximum atomic E-state index is 11.9. The van der Waals surface area contributed by atoms with E-state index in [2.05, 4.69) is 19.9 Å². The molecule has 0 amide bonds. The summed E-state index contributed by atoms with van der Waals surface area (Å²) in [6.45, 7) is 0. The van der Waals surface area contributed by atoms with Gasteiger partial charge in [0, 0.05) is 23.7 Å². The molecule has 0 bridgehead atoms. The number of hydrogen-bond acceptors (Lipinski definition) is 5. The average Bonchev–Trinajstić information content (AvgIpc) is 2.40. The normalized spacial score (nSPS) is 14.4. The van der Waals surface area contributed by atoms with E-state index in [9.17, 15) is 4.79 Å². The average molecular weight is 246 g/mol. The highest BCUT2D eigenvalue weighted by Gasteiger charge is 2.16. The van der Waals surface area contributed by atoms with Crippen LogP contribution >= 0.6 is 11.8 Å². The lowest BCUT2D eigenvalue weighted by molar-refractivity contribution is 0.931. The molecule has 0 radical (unpaired) electrons. The Kier molecular flexibility index (Phi) is 2.64. The first-order valence-corrected chi connectivity index (χ1v) is 6.46. The number of fused-ring (bicyclic) bond motifs is 1. The molecule has 0 unspecified atom stereocenters. The maximum absolute atomic E-state index is 11.9. The molecule has 5 nitrogen and oxygen atoms in total. The lowest BCUT2D eigenvalue weighted by atomic mass is 10.2. The van der Waals surface area contributed by atoms with Crippen LogP contribution < -0.4 is 5.56 Å². The topological polar surface area (TPSA) is 71.5 Å². The van der Waals surface area contributed by atoms with Crippen molar-refractivity contribution in [2.75, 3.05) is 5.75 Å². The molecule has 0 aromatic carbocycles. The number of H-pyrrole nitrogens is 1. The van der Waals surface area contributed by atoms with Gasteiger partial charge in [0.05, 0.1) is 11.9 Å². The van der Waals surface area contributed by atoms with E-state index < -0.39 is 0 Å². The summed E-state index contributed by atoms with van der Waals surface area (Å²) in [6.07, 6.45) is 5.63. The van der Waals surface area contributed by atoms with E-state index in [1.54, 1.807) is 30.4 Å². The fraction of sp³-hybridized carbons (Fsp3) is 0.273. The van der Waals surface area contributed by atoms with Crippen molar-refractivity contribution in [1.82, 2.24) is 19.9 Å². The van der Waals surface area contributed by atoms with Crippen LogP contribution in [0.2, 0.25) is 0 Å². The summed E-state index contributed by atoms with van der Waals surface area (Å²) in [5.74, 6) is 2.27. The van der Waals surface area contributed by atoms with Gasteiger partial charge in [-0.3, -0.25) is 9.78 Å². The van der Waals surface area contributed by atoms with Crippen molar-refractivity contribution in [1.29, 1.82) is 0 Å². The Bertz CT molecular complexity index is 596. The first-order chi connectivity index (χ1) is 8.34. The number of rotatable bonds is 1. The van der Waals surface area contributed by atoms with E-state index >= 15 is 0 Å². The van der Waals surface area contributed by atoms with Crippen LogP contribution in [0.3, 0.4) is 0 Å². The van der Waals surface area contributed by atoms with Gasteiger partial charge < -0.3 is 4.98 Å². The van der Waals surface area contributed by atoms with Crippen LogP contribution in [0.1, 0.15) is 11.3 Å². The number of nitrogens with one attached hydrogen (secondary N) is 1. The van der Waals surface area contributed by atoms with Crippen molar-refractivity contribution < 1.29 is 0 Å². The summed E-state index contributed by atoms with van der Waals surface area (Å²) in [7, 11) is 0. The van der Waals surface area contributed by atoms with Gasteiger partial charge in [-0.2, -0.15) is 11.8 Å². The summed E-state index contributed by atoms with van der Waals surface area (Å²) >= 11 is 1.77. The monoisotopic (exact) mass is 246 g/mol. The molecule has 0 spiro atoms. The minimum absolute atomic E-state index is 0.0529. The number of aromatic amines is 1. The Morgan fingerprint density at radius 2 is 2.29 bits per heavy atom. The first kappa shape index (κ1) is 10.5. The Balaban J connectivity index is 2.14. The maximum Gasteiger partial charge on any atom is 0.255 e. The molecule has 1 aliphatic rings. The van der Waals surface area contributed by atoms with E-state index in [0.717, 1.165) is 29.2 Å². The van der Waals surface area contributed by atoms with Gasteiger partial charge in [-0.1, -0.05) is 0 Å². The third-order valence-electron chi connectivity index (χ3n) is 2.64. The van der Waals surface area contributed by atoms with Crippen LogP contribution in [0.5, 0.6) is 0 Å². The molecule has 2 aromatic rings. The number of thioether (sulfide) groups is 1. The van der Waals surface area contributed by atoms with E-state index in [4.69, 9.17) is 0 Å². The Hall–Kier alpha value is -1.69. The zero-order valence-corrected chi connectivity index (χ0v) is 9.83. The van der Waals surface area contributed by atoms with Crippen molar-refractivity contribution in [3.8, 4) is 11.5 Å². The molecule has 1 aliphatic heterocycles. The summed E-state index contributed by atoms with van der Waals surface area (Å²) < 4.78 is 0. The van der Waals surface area contributed by atoms with Crippen LogP contribution in [-0.4, -0.2) is 25.7 Å². The third kappa shape index (κ3) is 1.95. The Morgan fingerprint density at radius 3 is 3.12 bits per heavy atom. The van der Waals surface area contributed by atoms with E-state index in [1.807, 2.05) is 0 Å². The summed E-state index contributed by atoms with van der Waals surface area (Å²) in [4.78, 5) is 27.3. The minimum Gasteiger partial charge on any atom is -0.305 e. The van der Waals surface area contributed by atoms with Gasteiger partial charge in [0.2, 0.25) is 0 Å². The summed E-state index contributed by atoms with van der Waals surface area (Å²) in [5, 5.41) is 0. The molecular formula is C11H10N4OS. The second kappa shape index (κ2) is 4.29. The largest absolute Gasteiger partial charge is 0.305 e. The summed E-state index contributed by atoms with van der Waals surface area (Å²) in [5.41, 5.74) is 2.25. The molecule has 0 aliphatic carbocycles. The smallest absolute Gasteiger partial charge is 0.255 e. The van der Waals surface area contributed by atoms with E-state index in [-0.39, 0.29) is 5.56 Å². The van der Waals surface area contributed by atoms with E-state index in [1.165, 1.54) is 0 Å². The van der Waals surface area contributed by atoms with Crippen molar-refractivity contribution in [3.63, 3.8) is 0 Å². The Morgan fingerprint density at radius 1 is 1.35 bits per heavy atom. The molecule has 1 N–H and O–H groups in total. The quantitative estimate of drug-likeness (QED) is 0.813. The van der Waals surface area contributed by atoms with Crippen LogP contribution in [0.4, 0.5) is 0 Å². The van der Waals surface area contributed by atoms with Crippen LogP contribution in [0.25, 0.3) is 11.5 Å².